The van der Waals surface area contributed by atoms with Crippen LogP contribution in [0, 0.1) is 6.20 Å². The Balaban J connectivity index is 2.35. The lowest BCUT2D eigenvalue weighted by Crippen LogP contribution is -1.85. The van der Waals surface area contributed by atoms with E-state index in [9.17, 15) is 0 Å². The molecule has 0 fully saturated rings. The standard InChI is InChI=1S/C12H9N2O2/c1-15-12-10-8(7-14-12)3-2-4-9(10)11-13-5-6-16-11/h2-6,14H,1H3. The zero-order valence-corrected chi connectivity index (χ0v) is 8.65. The van der Waals surface area contributed by atoms with E-state index in [4.69, 9.17) is 9.15 Å². The summed E-state index contributed by atoms with van der Waals surface area (Å²) in [5, 5.41) is 1.89. The lowest BCUT2D eigenvalue weighted by atomic mass is 10.1. The number of aromatic amines is 1. The zero-order valence-electron chi connectivity index (χ0n) is 8.65. The summed E-state index contributed by atoms with van der Waals surface area (Å²) in [7, 11) is 1.62. The van der Waals surface area contributed by atoms with Crippen molar-refractivity contribution in [2.24, 2.45) is 0 Å². The first kappa shape index (κ1) is 9.03. The fourth-order valence-electron chi connectivity index (χ4n) is 1.78. The summed E-state index contributed by atoms with van der Waals surface area (Å²) < 4.78 is 10.6. The summed E-state index contributed by atoms with van der Waals surface area (Å²) in [4.78, 5) is 7.09. The molecule has 0 unspecified atom stereocenters. The van der Waals surface area contributed by atoms with Crippen molar-refractivity contribution in [3.05, 3.63) is 36.9 Å². The van der Waals surface area contributed by atoms with Crippen molar-refractivity contribution >= 4 is 10.8 Å². The van der Waals surface area contributed by atoms with Crippen molar-refractivity contribution in [3.8, 4) is 17.3 Å². The van der Waals surface area contributed by atoms with Crippen molar-refractivity contribution in [1.29, 1.82) is 0 Å². The number of nitrogens with zero attached hydrogens (tertiary/aromatic N) is 1. The van der Waals surface area contributed by atoms with E-state index >= 15 is 0 Å². The zero-order chi connectivity index (χ0) is 11.0. The smallest absolute Gasteiger partial charge is 0.226 e. The highest BCUT2D eigenvalue weighted by atomic mass is 16.5. The third-order valence-corrected chi connectivity index (χ3v) is 2.47. The number of methoxy groups -OCH3 is 1. The summed E-state index contributed by atoms with van der Waals surface area (Å²) in [6.45, 7) is 0. The molecular formula is C12H9N2O2. The molecule has 2 heterocycles. The van der Waals surface area contributed by atoms with Crippen LogP contribution in [-0.2, 0) is 0 Å². The Labute approximate surface area is 91.9 Å². The minimum atomic E-state index is 0.580. The Morgan fingerprint density at radius 3 is 3.12 bits per heavy atom. The van der Waals surface area contributed by atoms with Gasteiger partial charge in [0.15, 0.2) is 5.88 Å². The van der Waals surface area contributed by atoms with E-state index < -0.39 is 0 Å². The fraction of sp³-hybridized carbons (Fsp3) is 0.0833. The van der Waals surface area contributed by atoms with Gasteiger partial charge in [0.1, 0.15) is 6.26 Å². The quantitative estimate of drug-likeness (QED) is 0.711. The third-order valence-electron chi connectivity index (χ3n) is 2.47. The number of nitrogens with one attached hydrogen (secondary N) is 1. The molecule has 0 saturated carbocycles. The average Bonchev–Trinajstić information content (AvgIpc) is 2.97. The number of ether oxygens (including phenoxy) is 1. The predicted molar refractivity (Wildman–Crippen MR) is 59.2 cm³/mol. The topological polar surface area (TPSA) is 51.0 Å². The minimum absolute atomic E-state index is 0.580. The van der Waals surface area contributed by atoms with E-state index in [0.29, 0.717) is 11.8 Å². The van der Waals surface area contributed by atoms with Crippen LogP contribution in [0.25, 0.3) is 22.2 Å². The first-order chi connectivity index (χ1) is 7.90. The van der Waals surface area contributed by atoms with Crippen LogP contribution in [0.3, 0.4) is 0 Å². The van der Waals surface area contributed by atoms with Crippen LogP contribution in [-0.4, -0.2) is 17.1 Å². The molecule has 2 aromatic heterocycles. The van der Waals surface area contributed by atoms with Crippen molar-refractivity contribution in [2.45, 2.75) is 0 Å². The molecule has 3 aromatic rings. The molecule has 0 amide bonds. The van der Waals surface area contributed by atoms with E-state index in [1.165, 1.54) is 0 Å². The maximum Gasteiger partial charge on any atom is 0.226 e. The lowest BCUT2D eigenvalue weighted by Gasteiger charge is -2.01. The van der Waals surface area contributed by atoms with Gasteiger partial charge in [-0.15, -0.1) is 0 Å². The fourth-order valence-corrected chi connectivity index (χ4v) is 1.78. The first-order valence-electron chi connectivity index (χ1n) is 4.86. The molecule has 1 aromatic carbocycles. The largest absolute Gasteiger partial charge is 0.482 e. The second kappa shape index (κ2) is 3.41. The number of rotatable bonds is 2. The Morgan fingerprint density at radius 2 is 2.38 bits per heavy atom. The van der Waals surface area contributed by atoms with Gasteiger partial charge in [-0.25, -0.2) is 4.98 Å². The summed E-state index contributed by atoms with van der Waals surface area (Å²) in [5.41, 5.74) is 0.900. The third kappa shape index (κ3) is 1.20. The van der Waals surface area contributed by atoms with Crippen LogP contribution in [0.5, 0.6) is 5.88 Å². The Morgan fingerprint density at radius 1 is 1.44 bits per heavy atom. The molecule has 1 radical (unpaired) electrons. The number of oxazole rings is 1. The van der Waals surface area contributed by atoms with Gasteiger partial charge in [-0.2, -0.15) is 0 Å². The molecule has 0 atom stereocenters. The second-order valence-electron chi connectivity index (χ2n) is 3.35. The number of benzene rings is 1. The van der Waals surface area contributed by atoms with Gasteiger partial charge in [0.25, 0.3) is 0 Å². The summed E-state index contributed by atoms with van der Waals surface area (Å²) in [6.07, 6.45) is 6.20. The number of hydrogen-bond acceptors (Lipinski definition) is 3. The van der Waals surface area contributed by atoms with E-state index in [1.807, 2.05) is 18.2 Å². The van der Waals surface area contributed by atoms with Gasteiger partial charge in [-0.05, 0) is 6.07 Å². The Bertz CT molecular complexity index is 611. The molecule has 4 heteroatoms. The van der Waals surface area contributed by atoms with Gasteiger partial charge in [0.05, 0.1) is 30.5 Å². The number of H-pyrrole nitrogens is 1. The van der Waals surface area contributed by atoms with Gasteiger partial charge < -0.3 is 14.1 Å². The highest BCUT2D eigenvalue weighted by Gasteiger charge is 2.13. The molecule has 0 aliphatic heterocycles. The van der Waals surface area contributed by atoms with Crippen molar-refractivity contribution in [3.63, 3.8) is 0 Å². The van der Waals surface area contributed by atoms with Crippen LogP contribution in [0.4, 0.5) is 0 Å². The van der Waals surface area contributed by atoms with Crippen molar-refractivity contribution < 1.29 is 9.15 Å². The molecule has 0 aliphatic carbocycles. The average molecular weight is 213 g/mol. The molecule has 3 rings (SSSR count). The molecular weight excluding hydrogens is 204 g/mol. The van der Waals surface area contributed by atoms with Crippen LogP contribution in [0.1, 0.15) is 0 Å². The van der Waals surface area contributed by atoms with E-state index in [2.05, 4.69) is 16.2 Å². The van der Waals surface area contributed by atoms with Gasteiger partial charge in [0.2, 0.25) is 5.89 Å². The van der Waals surface area contributed by atoms with Crippen LogP contribution in [0.2, 0.25) is 0 Å². The van der Waals surface area contributed by atoms with Gasteiger partial charge in [-0.3, -0.25) is 0 Å². The van der Waals surface area contributed by atoms with Crippen LogP contribution < -0.4 is 4.74 Å². The van der Waals surface area contributed by atoms with Gasteiger partial charge >= 0.3 is 0 Å². The molecule has 0 bridgehead atoms. The van der Waals surface area contributed by atoms with Crippen LogP contribution >= 0.6 is 0 Å². The molecule has 1 N–H and O–H groups in total. The Hall–Kier alpha value is -2.23. The van der Waals surface area contributed by atoms with E-state index in [0.717, 1.165) is 16.3 Å². The summed E-state index contributed by atoms with van der Waals surface area (Å²) in [5.74, 6) is 1.25. The molecule has 79 valence electrons. The highest BCUT2D eigenvalue weighted by Crippen LogP contribution is 2.33. The predicted octanol–water partition coefficient (Wildman–Crippen LogP) is 2.63. The van der Waals surface area contributed by atoms with E-state index in [-0.39, 0.29) is 0 Å². The Kier molecular flexibility index (Phi) is 1.93. The minimum Gasteiger partial charge on any atom is -0.482 e. The summed E-state index contributed by atoms with van der Waals surface area (Å²) >= 11 is 0. The van der Waals surface area contributed by atoms with Crippen molar-refractivity contribution in [2.75, 3.05) is 7.11 Å². The lowest BCUT2D eigenvalue weighted by molar-refractivity contribution is 0.405. The van der Waals surface area contributed by atoms with Gasteiger partial charge in [0, 0.05) is 5.39 Å². The highest BCUT2D eigenvalue weighted by molar-refractivity contribution is 5.98. The van der Waals surface area contributed by atoms with E-state index in [1.54, 1.807) is 19.6 Å². The second-order valence-corrected chi connectivity index (χ2v) is 3.35. The SMILES string of the molecule is COc1[nH][c]c2cccc(-c3ncco3)c12. The molecule has 0 aliphatic rings. The molecule has 0 saturated heterocycles. The van der Waals surface area contributed by atoms with Gasteiger partial charge in [-0.1, -0.05) is 12.1 Å². The number of aromatic nitrogens is 2. The normalized spacial score (nSPS) is 10.8. The number of hydrogen-bond donors (Lipinski definition) is 1. The monoisotopic (exact) mass is 213 g/mol. The molecule has 0 spiro atoms. The number of fused-ring (bicyclic) bond motifs is 1. The maximum absolute atomic E-state index is 5.30. The summed E-state index contributed by atoms with van der Waals surface area (Å²) in [6, 6.07) is 5.84. The van der Waals surface area contributed by atoms with Crippen LogP contribution in [0.15, 0.2) is 35.1 Å². The van der Waals surface area contributed by atoms with Crippen molar-refractivity contribution in [1.82, 2.24) is 9.97 Å². The first-order valence-corrected chi connectivity index (χ1v) is 4.86. The maximum atomic E-state index is 5.30. The molecule has 4 nitrogen and oxygen atoms in total. The molecule has 16 heavy (non-hydrogen) atoms.